The third kappa shape index (κ3) is 5.48. The molecule has 1 heterocycles. The van der Waals surface area contributed by atoms with Crippen LogP contribution in [0.5, 0.6) is 0 Å². The van der Waals surface area contributed by atoms with Crippen molar-refractivity contribution < 1.29 is 18.7 Å². The van der Waals surface area contributed by atoms with Gasteiger partial charge in [0.2, 0.25) is 0 Å². The van der Waals surface area contributed by atoms with Crippen LogP contribution in [0, 0.1) is 0 Å². The van der Waals surface area contributed by atoms with Crippen molar-refractivity contribution in [2.75, 3.05) is 6.61 Å². The first-order chi connectivity index (χ1) is 16.7. The molecule has 6 heteroatoms. The van der Waals surface area contributed by atoms with Gasteiger partial charge in [0.1, 0.15) is 11.5 Å². The van der Waals surface area contributed by atoms with Crippen molar-refractivity contribution in [3.05, 3.63) is 120 Å². The monoisotopic (exact) mass is 452 g/mol. The molecular weight excluding hydrogens is 428 g/mol. The molecule has 6 nitrogen and oxygen atoms in total. The van der Waals surface area contributed by atoms with Gasteiger partial charge in [-0.1, -0.05) is 72.8 Å². The van der Waals surface area contributed by atoms with Crippen LogP contribution < -0.4 is 5.43 Å². The van der Waals surface area contributed by atoms with Crippen LogP contribution in [-0.4, -0.2) is 24.7 Å². The largest absolute Gasteiger partial charge is 0.462 e. The Hall–Kier alpha value is -4.45. The van der Waals surface area contributed by atoms with E-state index >= 15 is 0 Å². The second kappa shape index (κ2) is 10.9. The number of nitrogens with zero attached hydrogens (tertiary/aromatic N) is 1. The van der Waals surface area contributed by atoms with E-state index in [2.05, 4.69) is 10.5 Å². The maximum Gasteiger partial charge on any atom is 0.338 e. The van der Waals surface area contributed by atoms with Gasteiger partial charge in [-0.25, -0.2) is 10.2 Å². The molecule has 4 rings (SSSR count). The summed E-state index contributed by atoms with van der Waals surface area (Å²) in [6.07, 6.45) is 1.45. The van der Waals surface area contributed by atoms with E-state index in [4.69, 9.17) is 9.15 Å². The normalized spacial score (nSPS) is 11.0. The predicted molar refractivity (Wildman–Crippen MR) is 131 cm³/mol. The summed E-state index contributed by atoms with van der Waals surface area (Å²) in [4.78, 5) is 25.0. The molecule has 0 aliphatic carbocycles. The number of hydrogen-bond donors (Lipinski definition) is 1. The predicted octanol–water partition coefficient (Wildman–Crippen LogP) is 5.41. The minimum absolute atomic E-state index is 0.248. The molecule has 0 unspecified atom stereocenters. The van der Waals surface area contributed by atoms with Gasteiger partial charge in [-0.05, 0) is 42.3 Å². The van der Waals surface area contributed by atoms with Crippen LogP contribution in [0.3, 0.4) is 0 Å². The number of hydrogen-bond acceptors (Lipinski definition) is 5. The van der Waals surface area contributed by atoms with E-state index in [1.165, 1.54) is 6.21 Å². The molecule has 0 spiro atoms. The van der Waals surface area contributed by atoms with Gasteiger partial charge in [-0.3, -0.25) is 4.79 Å². The fraction of sp³-hybridized carbons (Fsp3) is 0.107. The molecule has 0 bridgehead atoms. The first-order valence-corrected chi connectivity index (χ1v) is 11.0. The Balaban J connectivity index is 1.47. The standard InChI is InChI=1S/C28H24N2O4/c1-2-33-28(32)23-15-9-14-22(18-23)25-17-16-24(34-25)19-29-30-27(31)26(20-10-5-3-6-11-20)21-12-7-4-8-13-21/h3-19,26H,2H2,1H3,(H,30,31)/b29-19-. The lowest BCUT2D eigenvalue weighted by Gasteiger charge is -2.16. The molecule has 170 valence electrons. The number of ether oxygens (including phenoxy) is 1. The maximum absolute atomic E-state index is 13.0. The molecule has 0 fully saturated rings. The van der Waals surface area contributed by atoms with Gasteiger partial charge in [-0.15, -0.1) is 0 Å². The van der Waals surface area contributed by atoms with Crippen molar-refractivity contribution in [3.8, 4) is 11.3 Å². The minimum atomic E-state index is -0.489. The van der Waals surface area contributed by atoms with Crippen LogP contribution in [0.2, 0.25) is 0 Å². The van der Waals surface area contributed by atoms with E-state index in [-0.39, 0.29) is 11.9 Å². The molecule has 0 saturated carbocycles. The van der Waals surface area contributed by atoms with Gasteiger partial charge in [-0.2, -0.15) is 5.10 Å². The van der Waals surface area contributed by atoms with Crippen molar-refractivity contribution in [2.24, 2.45) is 5.10 Å². The Morgan fingerprint density at radius 2 is 1.59 bits per heavy atom. The van der Waals surface area contributed by atoms with E-state index in [0.717, 1.165) is 16.7 Å². The third-order valence-electron chi connectivity index (χ3n) is 5.18. The summed E-state index contributed by atoms with van der Waals surface area (Å²) in [6, 6.07) is 29.7. The summed E-state index contributed by atoms with van der Waals surface area (Å²) in [5.74, 6) is -0.0788. The highest BCUT2D eigenvalue weighted by Crippen LogP contribution is 2.25. The number of benzene rings is 3. The molecule has 0 aliphatic heterocycles. The topological polar surface area (TPSA) is 80.9 Å². The highest BCUT2D eigenvalue weighted by molar-refractivity contribution is 5.91. The van der Waals surface area contributed by atoms with Crippen LogP contribution in [0.4, 0.5) is 0 Å². The second-order valence-electron chi connectivity index (χ2n) is 7.49. The smallest absolute Gasteiger partial charge is 0.338 e. The summed E-state index contributed by atoms with van der Waals surface area (Å²) in [5, 5.41) is 4.10. The molecule has 1 aromatic heterocycles. The first-order valence-electron chi connectivity index (χ1n) is 11.0. The molecule has 3 aromatic carbocycles. The Morgan fingerprint density at radius 3 is 2.24 bits per heavy atom. The van der Waals surface area contributed by atoms with Crippen LogP contribution >= 0.6 is 0 Å². The second-order valence-corrected chi connectivity index (χ2v) is 7.49. The van der Waals surface area contributed by atoms with Crippen molar-refractivity contribution in [1.29, 1.82) is 0 Å². The number of furan rings is 1. The molecule has 4 aromatic rings. The lowest BCUT2D eigenvalue weighted by molar-refractivity contribution is -0.121. The highest BCUT2D eigenvalue weighted by atomic mass is 16.5. The zero-order valence-corrected chi connectivity index (χ0v) is 18.7. The van der Waals surface area contributed by atoms with Crippen LogP contribution in [0.1, 0.15) is 40.1 Å². The first kappa shape index (κ1) is 22.7. The SMILES string of the molecule is CCOC(=O)c1cccc(-c2ccc(/C=N\NC(=O)C(c3ccccc3)c3ccccc3)o2)c1. The Morgan fingerprint density at radius 1 is 0.912 bits per heavy atom. The molecular formula is C28H24N2O4. The van der Waals surface area contributed by atoms with Gasteiger partial charge in [0.25, 0.3) is 5.91 Å². The molecule has 1 N–H and O–H groups in total. The van der Waals surface area contributed by atoms with Crippen molar-refractivity contribution >= 4 is 18.1 Å². The van der Waals surface area contributed by atoms with Crippen LogP contribution in [0.25, 0.3) is 11.3 Å². The number of carbonyl (C=O) groups is 2. The number of nitrogens with one attached hydrogen (secondary N) is 1. The molecule has 0 atom stereocenters. The molecule has 0 aliphatic rings. The summed E-state index contributed by atoms with van der Waals surface area (Å²) < 4.78 is 10.9. The van der Waals surface area contributed by atoms with E-state index < -0.39 is 5.92 Å². The summed E-state index contributed by atoms with van der Waals surface area (Å²) in [5.41, 5.74) is 5.57. The fourth-order valence-corrected chi connectivity index (χ4v) is 3.60. The zero-order chi connectivity index (χ0) is 23.8. The van der Waals surface area contributed by atoms with Gasteiger partial charge in [0, 0.05) is 5.56 Å². The van der Waals surface area contributed by atoms with E-state index in [9.17, 15) is 9.59 Å². The van der Waals surface area contributed by atoms with Crippen molar-refractivity contribution in [1.82, 2.24) is 5.43 Å². The summed E-state index contributed by atoms with van der Waals surface area (Å²) in [7, 11) is 0. The van der Waals surface area contributed by atoms with Crippen molar-refractivity contribution in [3.63, 3.8) is 0 Å². The Bertz CT molecular complexity index is 1240. The third-order valence-corrected chi connectivity index (χ3v) is 5.18. The number of rotatable bonds is 8. The van der Waals surface area contributed by atoms with Crippen LogP contribution in [0.15, 0.2) is 107 Å². The quantitative estimate of drug-likeness (QED) is 0.220. The molecule has 34 heavy (non-hydrogen) atoms. The maximum atomic E-state index is 13.0. The van der Waals surface area contributed by atoms with E-state index in [1.807, 2.05) is 66.7 Å². The number of amides is 1. The molecule has 0 saturated heterocycles. The summed E-state index contributed by atoms with van der Waals surface area (Å²) in [6.45, 7) is 2.08. The zero-order valence-electron chi connectivity index (χ0n) is 18.7. The number of carbonyl (C=O) groups excluding carboxylic acids is 2. The van der Waals surface area contributed by atoms with E-state index in [1.54, 1.807) is 37.3 Å². The Kier molecular flexibility index (Phi) is 7.30. The van der Waals surface area contributed by atoms with Gasteiger partial charge < -0.3 is 9.15 Å². The molecule has 0 radical (unpaired) electrons. The minimum Gasteiger partial charge on any atom is -0.462 e. The fourth-order valence-electron chi connectivity index (χ4n) is 3.60. The Labute approximate surface area is 197 Å². The number of esters is 1. The van der Waals surface area contributed by atoms with Gasteiger partial charge in [0.15, 0.2) is 0 Å². The lowest BCUT2D eigenvalue weighted by atomic mass is 9.91. The van der Waals surface area contributed by atoms with Crippen molar-refractivity contribution in [2.45, 2.75) is 12.8 Å². The van der Waals surface area contributed by atoms with Gasteiger partial charge in [0.05, 0.1) is 24.3 Å². The summed E-state index contributed by atoms with van der Waals surface area (Å²) >= 11 is 0. The van der Waals surface area contributed by atoms with Crippen LogP contribution in [-0.2, 0) is 9.53 Å². The average Bonchev–Trinajstić information content (AvgIpc) is 3.35. The molecule has 1 amide bonds. The highest BCUT2D eigenvalue weighted by Gasteiger charge is 2.22. The lowest BCUT2D eigenvalue weighted by Crippen LogP contribution is -2.26. The average molecular weight is 453 g/mol. The van der Waals surface area contributed by atoms with Gasteiger partial charge >= 0.3 is 5.97 Å². The number of hydrazone groups is 1. The van der Waals surface area contributed by atoms with E-state index in [0.29, 0.717) is 23.7 Å².